The fourth-order valence-corrected chi connectivity index (χ4v) is 3.33. The second-order valence-electron chi connectivity index (χ2n) is 7.06. The molecule has 1 atom stereocenters. The minimum atomic E-state index is -0.227. The van der Waals surface area contributed by atoms with Crippen LogP contribution >= 0.6 is 0 Å². The van der Waals surface area contributed by atoms with E-state index < -0.39 is 0 Å². The maximum absolute atomic E-state index is 12.7. The van der Waals surface area contributed by atoms with Crippen molar-refractivity contribution in [1.29, 1.82) is 0 Å². The molecule has 0 saturated carbocycles. The van der Waals surface area contributed by atoms with Gasteiger partial charge in [0.1, 0.15) is 11.6 Å². The van der Waals surface area contributed by atoms with Gasteiger partial charge >= 0.3 is 6.03 Å². The molecular weight excluding hydrogens is 318 g/mol. The Morgan fingerprint density at radius 3 is 2.80 bits per heavy atom. The number of carbonyl (C=O) groups excluding carboxylic acids is 1. The van der Waals surface area contributed by atoms with Crippen LogP contribution < -0.4 is 5.32 Å². The average Bonchev–Trinajstić information content (AvgIpc) is 2.93. The first-order chi connectivity index (χ1) is 11.9. The molecule has 2 heterocycles. The largest absolute Gasteiger partial charge is 0.396 e. The number of aromatic nitrogens is 3. The van der Waals surface area contributed by atoms with Crippen LogP contribution in [0.5, 0.6) is 0 Å². The normalized spacial score (nSPS) is 20.6. The van der Waals surface area contributed by atoms with E-state index in [1.807, 2.05) is 45.0 Å². The molecule has 25 heavy (non-hydrogen) atoms. The summed E-state index contributed by atoms with van der Waals surface area (Å²) in [5, 5.41) is 17.0. The quantitative estimate of drug-likeness (QED) is 0.897. The van der Waals surface area contributed by atoms with Crippen molar-refractivity contribution in [3.63, 3.8) is 0 Å². The number of aliphatic hydroxyl groups excluding tert-OH is 1. The Labute approximate surface area is 147 Å². The van der Waals surface area contributed by atoms with Crippen LogP contribution in [0.1, 0.15) is 31.4 Å². The van der Waals surface area contributed by atoms with E-state index in [0.717, 1.165) is 24.4 Å². The first-order valence-electron chi connectivity index (χ1n) is 8.58. The Kier molecular flexibility index (Phi) is 4.76. The van der Waals surface area contributed by atoms with Crippen molar-refractivity contribution in [2.75, 3.05) is 25.0 Å². The minimum Gasteiger partial charge on any atom is -0.396 e. The van der Waals surface area contributed by atoms with Crippen molar-refractivity contribution < 1.29 is 9.90 Å². The van der Waals surface area contributed by atoms with E-state index in [-0.39, 0.29) is 18.1 Å². The van der Waals surface area contributed by atoms with Crippen molar-refractivity contribution in [2.24, 2.45) is 5.41 Å². The first kappa shape index (κ1) is 17.4. The molecule has 2 N–H and O–H groups in total. The third kappa shape index (κ3) is 3.66. The zero-order valence-electron chi connectivity index (χ0n) is 15.0. The maximum Gasteiger partial charge on any atom is 0.321 e. The number of likely N-dealkylation sites (tertiary alicyclic amines) is 1. The number of hydrogen-bond donors (Lipinski definition) is 2. The van der Waals surface area contributed by atoms with Gasteiger partial charge < -0.3 is 15.3 Å². The number of urea groups is 1. The summed E-state index contributed by atoms with van der Waals surface area (Å²) in [6, 6.07) is 7.41. The van der Waals surface area contributed by atoms with Crippen LogP contribution in [0.2, 0.25) is 0 Å². The molecule has 2 aromatic rings. The summed E-state index contributed by atoms with van der Waals surface area (Å²) >= 11 is 0. The number of amides is 2. The lowest BCUT2D eigenvalue weighted by molar-refractivity contribution is 0.0648. The van der Waals surface area contributed by atoms with E-state index in [0.29, 0.717) is 24.6 Å². The molecule has 0 aliphatic carbocycles. The third-order valence-corrected chi connectivity index (χ3v) is 4.70. The van der Waals surface area contributed by atoms with Crippen LogP contribution in [0.3, 0.4) is 0 Å². The Hall–Kier alpha value is -2.41. The summed E-state index contributed by atoms with van der Waals surface area (Å²) in [6.07, 6.45) is 1.83. The number of benzene rings is 1. The molecule has 0 radical (unpaired) electrons. The van der Waals surface area contributed by atoms with Gasteiger partial charge in [0.05, 0.1) is 18.0 Å². The van der Waals surface area contributed by atoms with Gasteiger partial charge in [0.15, 0.2) is 0 Å². The van der Waals surface area contributed by atoms with Gasteiger partial charge in [0, 0.05) is 18.5 Å². The Bertz CT molecular complexity index is 773. The average molecular weight is 343 g/mol. The standard InChI is InChI=1S/C18H25N5O2/c1-13-19-14(2)23(21-13)16-8-5-4-7-15(16)20-17(25)22-10-6-9-18(3,11-22)12-24/h4-5,7-8,24H,6,9-12H2,1-3H3,(H,20,25). The van der Waals surface area contributed by atoms with Gasteiger partial charge in [-0.05, 0) is 38.8 Å². The van der Waals surface area contributed by atoms with Crippen LogP contribution in [0, 0.1) is 19.3 Å². The number of aliphatic hydroxyl groups is 1. The maximum atomic E-state index is 12.7. The fraction of sp³-hybridized carbons (Fsp3) is 0.500. The number of aryl methyl sites for hydroxylation is 2. The molecule has 7 heteroatoms. The molecule has 7 nitrogen and oxygen atoms in total. The zero-order valence-corrected chi connectivity index (χ0v) is 15.0. The number of nitrogens with zero attached hydrogens (tertiary/aromatic N) is 4. The molecule has 134 valence electrons. The molecule has 3 rings (SSSR count). The lowest BCUT2D eigenvalue weighted by Gasteiger charge is -2.39. The van der Waals surface area contributed by atoms with Gasteiger partial charge in [-0.2, -0.15) is 5.10 Å². The van der Waals surface area contributed by atoms with Crippen molar-refractivity contribution in [3.8, 4) is 5.69 Å². The fourth-order valence-electron chi connectivity index (χ4n) is 3.33. The SMILES string of the molecule is Cc1nc(C)n(-c2ccccc2NC(=O)N2CCCC(C)(CO)C2)n1. The van der Waals surface area contributed by atoms with Crippen molar-refractivity contribution in [1.82, 2.24) is 19.7 Å². The van der Waals surface area contributed by atoms with Crippen LogP contribution in [-0.4, -0.2) is 50.5 Å². The number of nitrogens with one attached hydrogen (secondary N) is 1. The summed E-state index contributed by atoms with van der Waals surface area (Å²) in [5.74, 6) is 1.46. The summed E-state index contributed by atoms with van der Waals surface area (Å²) in [4.78, 5) is 18.8. The predicted octanol–water partition coefficient (Wildman–Crippen LogP) is 2.51. The van der Waals surface area contributed by atoms with E-state index in [1.165, 1.54) is 0 Å². The zero-order chi connectivity index (χ0) is 18.0. The summed E-state index contributed by atoms with van der Waals surface area (Å²) in [5.41, 5.74) is 1.25. The Morgan fingerprint density at radius 2 is 2.12 bits per heavy atom. The third-order valence-electron chi connectivity index (χ3n) is 4.70. The summed E-state index contributed by atoms with van der Waals surface area (Å²) in [6.45, 7) is 7.08. The highest BCUT2D eigenvalue weighted by Crippen LogP contribution is 2.29. The summed E-state index contributed by atoms with van der Waals surface area (Å²) < 4.78 is 1.74. The van der Waals surface area contributed by atoms with Gasteiger partial charge in [-0.25, -0.2) is 14.5 Å². The highest BCUT2D eigenvalue weighted by atomic mass is 16.3. The number of para-hydroxylation sites is 2. The van der Waals surface area contributed by atoms with E-state index >= 15 is 0 Å². The predicted molar refractivity (Wildman–Crippen MR) is 95.9 cm³/mol. The molecule has 1 aromatic carbocycles. The van der Waals surface area contributed by atoms with E-state index in [9.17, 15) is 9.90 Å². The molecule has 0 spiro atoms. The number of rotatable bonds is 3. The first-order valence-corrected chi connectivity index (χ1v) is 8.58. The van der Waals surface area contributed by atoms with Gasteiger partial charge in [-0.1, -0.05) is 19.1 Å². The Balaban J connectivity index is 1.82. The smallest absolute Gasteiger partial charge is 0.321 e. The number of anilines is 1. The highest BCUT2D eigenvalue weighted by molar-refractivity contribution is 5.91. The minimum absolute atomic E-state index is 0.0881. The summed E-state index contributed by atoms with van der Waals surface area (Å²) in [7, 11) is 0. The Morgan fingerprint density at radius 1 is 1.36 bits per heavy atom. The second-order valence-corrected chi connectivity index (χ2v) is 7.06. The number of carbonyl (C=O) groups is 1. The molecule has 0 bridgehead atoms. The second kappa shape index (κ2) is 6.84. The number of hydrogen-bond acceptors (Lipinski definition) is 4. The molecule has 1 aliphatic heterocycles. The molecule has 1 aromatic heterocycles. The van der Waals surface area contributed by atoms with Gasteiger partial charge in [-0.15, -0.1) is 0 Å². The van der Waals surface area contributed by atoms with Crippen LogP contribution in [0.25, 0.3) is 5.69 Å². The van der Waals surface area contributed by atoms with Crippen LogP contribution in [0.4, 0.5) is 10.5 Å². The van der Waals surface area contributed by atoms with E-state index in [2.05, 4.69) is 15.4 Å². The topological polar surface area (TPSA) is 83.3 Å². The number of piperidine rings is 1. The van der Waals surface area contributed by atoms with Gasteiger partial charge in [0.2, 0.25) is 0 Å². The monoisotopic (exact) mass is 343 g/mol. The molecule has 1 unspecified atom stereocenters. The van der Waals surface area contributed by atoms with E-state index in [1.54, 1.807) is 9.58 Å². The van der Waals surface area contributed by atoms with Crippen molar-refractivity contribution in [2.45, 2.75) is 33.6 Å². The molecular formula is C18H25N5O2. The molecule has 2 amide bonds. The molecule has 1 aliphatic rings. The molecule has 1 fully saturated rings. The van der Waals surface area contributed by atoms with Crippen LogP contribution in [0.15, 0.2) is 24.3 Å². The lowest BCUT2D eigenvalue weighted by Crippen LogP contribution is -2.48. The lowest BCUT2D eigenvalue weighted by atomic mass is 9.83. The van der Waals surface area contributed by atoms with E-state index in [4.69, 9.17) is 0 Å². The van der Waals surface area contributed by atoms with Gasteiger partial charge in [-0.3, -0.25) is 0 Å². The highest BCUT2D eigenvalue weighted by Gasteiger charge is 2.32. The van der Waals surface area contributed by atoms with Crippen molar-refractivity contribution >= 4 is 11.7 Å². The molecule has 1 saturated heterocycles. The van der Waals surface area contributed by atoms with Gasteiger partial charge in [0.25, 0.3) is 0 Å². The van der Waals surface area contributed by atoms with Crippen LogP contribution in [-0.2, 0) is 0 Å². The van der Waals surface area contributed by atoms with Crippen molar-refractivity contribution in [3.05, 3.63) is 35.9 Å².